The Kier molecular flexibility index (Phi) is 15.6. The third kappa shape index (κ3) is 19.0. The van der Waals surface area contributed by atoms with Crippen LogP contribution in [0.1, 0.15) is 92.9 Å². The van der Waals surface area contributed by atoms with Crippen LogP contribution < -0.4 is 0 Å². The number of carbonyl (C=O) groups is 1. The number of carboxylic acids is 1. The molecule has 0 aromatic carbocycles. The molecule has 0 aromatic heterocycles. The molecule has 1 N–H and O–H groups in total. The molecule has 0 rings (SSSR count). The molecule has 4 heteroatoms. The topological polar surface area (TPSA) is 58.9 Å². The van der Waals surface area contributed by atoms with Crippen molar-refractivity contribution in [3.8, 4) is 0 Å². The summed E-state index contributed by atoms with van der Waals surface area (Å²) in [6, 6.07) is 0. The lowest BCUT2D eigenvalue weighted by molar-refractivity contribution is -0.142. The fraction of sp³-hybridized carbons (Fsp3) is 0.600. The quantitative estimate of drug-likeness (QED) is 0.176. The third-order valence-electron chi connectivity index (χ3n) is 4.56. The van der Waals surface area contributed by atoms with Gasteiger partial charge in [0, 0.05) is 0 Å². The van der Waals surface area contributed by atoms with E-state index in [4.69, 9.17) is 9.94 Å². The van der Waals surface area contributed by atoms with E-state index < -0.39 is 5.97 Å². The predicted octanol–water partition coefficient (Wildman–Crippen LogP) is 7.39. The molecule has 29 heavy (non-hydrogen) atoms. The molecule has 0 saturated carbocycles. The van der Waals surface area contributed by atoms with Crippen molar-refractivity contribution in [1.82, 2.24) is 0 Å². The van der Waals surface area contributed by atoms with Gasteiger partial charge in [0.15, 0.2) is 0 Å². The number of hydrogen-bond acceptors (Lipinski definition) is 3. The van der Waals surface area contributed by atoms with Crippen LogP contribution in [0.4, 0.5) is 0 Å². The highest BCUT2D eigenvalue weighted by Crippen LogP contribution is 2.14. The van der Waals surface area contributed by atoms with Gasteiger partial charge in [-0.2, -0.15) is 0 Å². The minimum Gasteiger partial charge on any atom is -0.479 e. The van der Waals surface area contributed by atoms with Gasteiger partial charge in [0.05, 0.1) is 5.71 Å². The molecular formula is C25H41NO3. The van der Waals surface area contributed by atoms with E-state index in [-0.39, 0.29) is 6.61 Å². The lowest BCUT2D eigenvalue weighted by atomic mass is 10.0. The van der Waals surface area contributed by atoms with Gasteiger partial charge < -0.3 is 9.94 Å². The Hall–Kier alpha value is -2.10. The molecule has 0 atom stereocenters. The molecule has 164 valence electrons. The maximum absolute atomic E-state index is 10.4. The first kappa shape index (κ1) is 26.9. The summed E-state index contributed by atoms with van der Waals surface area (Å²) in [5.41, 5.74) is 6.54. The fourth-order valence-corrected chi connectivity index (χ4v) is 2.76. The van der Waals surface area contributed by atoms with Crippen LogP contribution in [-0.4, -0.2) is 23.4 Å². The zero-order valence-electron chi connectivity index (χ0n) is 19.4. The van der Waals surface area contributed by atoms with E-state index >= 15 is 0 Å². The van der Waals surface area contributed by atoms with Crippen molar-refractivity contribution in [3.05, 3.63) is 46.6 Å². The third-order valence-corrected chi connectivity index (χ3v) is 4.56. The Morgan fingerprint density at radius 1 is 0.724 bits per heavy atom. The average molecular weight is 404 g/mol. The van der Waals surface area contributed by atoms with Crippen molar-refractivity contribution in [2.24, 2.45) is 5.16 Å². The molecule has 0 aliphatic rings. The summed E-state index contributed by atoms with van der Waals surface area (Å²) in [7, 11) is 0. The normalized spacial score (nSPS) is 13.4. The number of carboxylic acid groups (broad SMARTS) is 1. The highest BCUT2D eigenvalue weighted by atomic mass is 16.6. The zero-order valence-corrected chi connectivity index (χ0v) is 19.4. The Morgan fingerprint density at radius 3 is 1.55 bits per heavy atom. The summed E-state index contributed by atoms with van der Waals surface area (Å²) in [6.07, 6.45) is 17.7. The summed E-state index contributed by atoms with van der Waals surface area (Å²) in [5, 5.41) is 12.3. The Labute approximate surface area is 178 Å². The van der Waals surface area contributed by atoms with Gasteiger partial charge in [0.1, 0.15) is 0 Å². The summed E-state index contributed by atoms with van der Waals surface area (Å²) in [5.74, 6) is -1.01. The van der Waals surface area contributed by atoms with E-state index in [9.17, 15) is 4.79 Å². The van der Waals surface area contributed by atoms with Gasteiger partial charge >= 0.3 is 5.97 Å². The first-order valence-electron chi connectivity index (χ1n) is 10.7. The molecule has 0 saturated heterocycles. The van der Waals surface area contributed by atoms with E-state index in [1.807, 2.05) is 6.92 Å². The molecule has 0 amide bonds. The summed E-state index contributed by atoms with van der Waals surface area (Å²) in [6.45, 7) is 12.4. The minimum atomic E-state index is -1.01. The lowest BCUT2D eigenvalue weighted by Crippen LogP contribution is -2.04. The summed E-state index contributed by atoms with van der Waals surface area (Å²) in [4.78, 5) is 15.1. The van der Waals surface area contributed by atoms with Gasteiger partial charge in [-0.15, -0.1) is 0 Å². The van der Waals surface area contributed by atoms with Crippen LogP contribution >= 0.6 is 0 Å². The second-order valence-electron chi connectivity index (χ2n) is 8.08. The van der Waals surface area contributed by atoms with Gasteiger partial charge in [-0.1, -0.05) is 51.8 Å². The standard InChI is InChI=1S/C25H41NO3/c1-20(2)11-7-12-21(3)13-8-14-22(4)15-9-16-23(5)17-10-18-24(6)26-29-19-25(27)28/h11,13,15,17H,7-10,12,14,16,18-19H2,1-6H3,(H,27,28)/b21-13+,22-15+,23-17+,26-24+. The summed E-state index contributed by atoms with van der Waals surface area (Å²) >= 11 is 0. The second-order valence-corrected chi connectivity index (χ2v) is 8.08. The van der Waals surface area contributed by atoms with Gasteiger partial charge in [0.25, 0.3) is 0 Å². The molecule has 0 spiro atoms. The van der Waals surface area contributed by atoms with Crippen molar-refractivity contribution in [2.75, 3.05) is 6.61 Å². The number of oxime groups is 1. The first-order valence-corrected chi connectivity index (χ1v) is 10.7. The van der Waals surface area contributed by atoms with Crippen LogP contribution in [0, 0.1) is 0 Å². The van der Waals surface area contributed by atoms with Crippen LogP contribution in [0.2, 0.25) is 0 Å². The van der Waals surface area contributed by atoms with E-state index in [0.29, 0.717) is 0 Å². The maximum atomic E-state index is 10.4. The highest BCUT2D eigenvalue weighted by molar-refractivity contribution is 5.81. The van der Waals surface area contributed by atoms with Crippen molar-refractivity contribution in [1.29, 1.82) is 0 Å². The number of allylic oxidation sites excluding steroid dienone is 8. The van der Waals surface area contributed by atoms with E-state index in [1.165, 1.54) is 22.3 Å². The van der Waals surface area contributed by atoms with Crippen molar-refractivity contribution in [2.45, 2.75) is 92.9 Å². The second kappa shape index (κ2) is 16.8. The molecule has 4 nitrogen and oxygen atoms in total. The van der Waals surface area contributed by atoms with E-state index in [1.54, 1.807) is 0 Å². The fourth-order valence-electron chi connectivity index (χ4n) is 2.76. The molecule has 0 unspecified atom stereocenters. The molecule has 0 fully saturated rings. The largest absolute Gasteiger partial charge is 0.479 e. The van der Waals surface area contributed by atoms with E-state index in [0.717, 1.165) is 57.1 Å². The Balaban J connectivity index is 4.06. The van der Waals surface area contributed by atoms with Gasteiger partial charge in [-0.25, -0.2) is 4.79 Å². The van der Waals surface area contributed by atoms with Crippen LogP contribution in [0.25, 0.3) is 0 Å². The molecule has 0 radical (unpaired) electrons. The Morgan fingerprint density at radius 2 is 1.14 bits per heavy atom. The Bertz CT molecular complexity index is 632. The maximum Gasteiger partial charge on any atom is 0.344 e. The molecule has 0 heterocycles. The van der Waals surface area contributed by atoms with Gasteiger partial charge in [-0.05, 0) is 92.9 Å². The van der Waals surface area contributed by atoms with Crippen molar-refractivity contribution in [3.63, 3.8) is 0 Å². The van der Waals surface area contributed by atoms with Crippen LogP contribution in [0.5, 0.6) is 0 Å². The molecule has 0 bridgehead atoms. The summed E-state index contributed by atoms with van der Waals surface area (Å²) < 4.78 is 0. The molecular weight excluding hydrogens is 362 g/mol. The van der Waals surface area contributed by atoms with Gasteiger partial charge in [0.2, 0.25) is 6.61 Å². The first-order chi connectivity index (χ1) is 13.7. The number of nitrogens with zero attached hydrogens (tertiary/aromatic N) is 1. The van der Waals surface area contributed by atoms with E-state index in [2.05, 4.69) is 64.1 Å². The smallest absolute Gasteiger partial charge is 0.344 e. The molecule has 0 aliphatic heterocycles. The van der Waals surface area contributed by atoms with Crippen LogP contribution in [0.15, 0.2) is 51.8 Å². The molecule has 0 aromatic rings. The minimum absolute atomic E-state index is 0.386. The number of hydrogen-bond donors (Lipinski definition) is 1. The molecule has 0 aliphatic carbocycles. The number of rotatable bonds is 15. The monoisotopic (exact) mass is 403 g/mol. The SMILES string of the molecule is CC(C)=CCC/C(C)=C/CC/C(C)=C/CC/C(C)=C/CC/C(C)=N/OCC(=O)O. The lowest BCUT2D eigenvalue weighted by Gasteiger charge is -2.03. The predicted molar refractivity (Wildman–Crippen MR) is 124 cm³/mol. The van der Waals surface area contributed by atoms with Crippen LogP contribution in [-0.2, 0) is 9.63 Å². The highest BCUT2D eigenvalue weighted by Gasteiger charge is 1.97. The van der Waals surface area contributed by atoms with Crippen molar-refractivity contribution >= 4 is 11.7 Å². The zero-order chi connectivity index (χ0) is 22.1. The van der Waals surface area contributed by atoms with Crippen molar-refractivity contribution < 1.29 is 14.7 Å². The van der Waals surface area contributed by atoms with Gasteiger partial charge in [-0.3, -0.25) is 0 Å². The number of aliphatic carboxylic acids is 1. The van der Waals surface area contributed by atoms with Crippen LogP contribution in [0.3, 0.4) is 0 Å². The average Bonchev–Trinajstić information content (AvgIpc) is 2.61.